The average molecular weight is 399 g/mol. The quantitative estimate of drug-likeness (QED) is 0.595. The molecule has 7 nitrogen and oxygen atoms in total. The molecule has 29 heavy (non-hydrogen) atoms. The van der Waals surface area contributed by atoms with Crippen molar-refractivity contribution in [2.75, 3.05) is 41.5 Å². The molecule has 0 unspecified atom stereocenters. The second kappa shape index (κ2) is 9.91. The van der Waals surface area contributed by atoms with Gasteiger partial charge >= 0.3 is 0 Å². The zero-order valence-corrected chi connectivity index (χ0v) is 17.5. The summed E-state index contributed by atoms with van der Waals surface area (Å²) in [6.07, 6.45) is 0.897. The topological polar surface area (TPSA) is 64.6 Å². The average Bonchev–Trinajstić information content (AvgIpc) is 2.99. The number of guanidine groups is 1. The van der Waals surface area contributed by atoms with E-state index < -0.39 is 0 Å². The van der Waals surface area contributed by atoms with Crippen molar-refractivity contribution in [3.05, 3.63) is 47.5 Å². The number of hydrogen-bond acceptors (Lipinski definition) is 5. The van der Waals surface area contributed by atoms with Gasteiger partial charge in [0.25, 0.3) is 0 Å². The van der Waals surface area contributed by atoms with E-state index in [4.69, 9.17) is 18.9 Å². The van der Waals surface area contributed by atoms with E-state index in [9.17, 15) is 0 Å². The monoisotopic (exact) mass is 399 g/mol. The van der Waals surface area contributed by atoms with Crippen LogP contribution >= 0.6 is 0 Å². The first kappa shape index (κ1) is 20.6. The first-order valence-corrected chi connectivity index (χ1v) is 9.65. The van der Waals surface area contributed by atoms with Crippen molar-refractivity contribution in [2.45, 2.75) is 19.5 Å². The Morgan fingerprint density at radius 3 is 2.59 bits per heavy atom. The first-order chi connectivity index (χ1) is 14.1. The Bertz CT molecular complexity index is 854. The number of nitrogens with one attached hydrogen (secondary N) is 1. The lowest BCUT2D eigenvalue weighted by molar-refractivity contribution is 0.297. The minimum absolute atomic E-state index is 0.632. The Kier molecular flexibility index (Phi) is 7.05. The normalized spacial score (nSPS) is 13.4. The zero-order chi connectivity index (χ0) is 20.6. The number of nitrogens with zero attached hydrogens (tertiary/aromatic N) is 2. The Morgan fingerprint density at radius 2 is 1.86 bits per heavy atom. The zero-order valence-electron chi connectivity index (χ0n) is 17.5. The molecule has 1 N–H and O–H groups in total. The van der Waals surface area contributed by atoms with Gasteiger partial charge in [-0.25, -0.2) is 0 Å². The van der Waals surface area contributed by atoms with E-state index in [1.807, 2.05) is 48.3 Å². The molecule has 2 aromatic rings. The highest BCUT2D eigenvalue weighted by Gasteiger charge is 2.13. The van der Waals surface area contributed by atoms with Gasteiger partial charge in [-0.15, -0.1) is 0 Å². The molecule has 3 rings (SSSR count). The van der Waals surface area contributed by atoms with E-state index in [2.05, 4.69) is 10.3 Å². The number of fused-ring (bicyclic) bond motifs is 1. The molecule has 0 spiro atoms. The highest BCUT2D eigenvalue weighted by Crippen LogP contribution is 2.30. The van der Waals surface area contributed by atoms with E-state index >= 15 is 0 Å². The van der Waals surface area contributed by atoms with Crippen LogP contribution in [0.2, 0.25) is 0 Å². The second-order valence-electron chi connectivity index (χ2n) is 6.77. The number of benzene rings is 2. The van der Waals surface area contributed by atoms with Crippen molar-refractivity contribution >= 4 is 5.96 Å². The van der Waals surface area contributed by atoms with Gasteiger partial charge in [0.15, 0.2) is 17.5 Å². The molecule has 0 saturated carbocycles. The van der Waals surface area contributed by atoms with Crippen molar-refractivity contribution in [1.82, 2.24) is 10.2 Å². The molecule has 0 saturated heterocycles. The summed E-state index contributed by atoms with van der Waals surface area (Å²) in [7, 11) is 7.08. The van der Waals surface area contributed by atoms with Crippen molar-refractivity contribution in [3.8, 4) is 23.0 Å². The van der Waals surface area contributed by atoms with Crippen LogP contribution < -0.4 is 24.3 Å². The van der Waals surface area contributed by atoms with Gasteiger partial charge in [-0.3, -0.25) is 4.99 Å². The van der Waals surface area contributed by atoms with Crippen molar-refractivity contribution in [2.24, 2.45) is 4.99 Å². The Labute approximate surface area is 172 Å². The van der Waals surface area contributed by atoms with Crippen LogP contribution in [0.3, 0.4) is 0 Å². The molecule has 1 aliphatic rings. The summed E-state index contributed by atoms with van der Waals surface area (Å²) in [4.78, 5) is 6.45. The van der Waals surface area contributed by atoms with Gasteiger partial charge in [-0.05, 0) is 29.8 Å². The van der Waals surface area contributed by atoms with Gasteiger partial charge < -0.3 is 29.2 Å². The lowest BCUT2D eigenvalue weighted by atomic mass is 10.2. The molecule has 7 heteroatoms. The summed E-state index contributed by atoms with van der Waals surface area (Å²) in [5.41, 5.74) is 2.15. The summed E-state index contributed by atoms with van der Waals surface area (Å²) in [5, 5.41) is 3.40. The molecular formula is C22H29N3O4. The molecule has 0 aliphatic carbocycles. The third-order valence-electron chi connectivity index (χ3n) is 4.74. The Morgan fingerprint density at radius 1 is 1.07 bits per heavy atom. The highest BCUT2D eigenvalue weighted by atomic mass is 16.5. The predicted molar refractivity (Wildman–Crippen MR) is 113 cm³/mol. The summed E-state index contributed by atoms with van der Waals surface area (Å²) in [6, 6.07) is 11.8. The minimum atomic E-state index is 0.632. The van der Waals surface area contributed by atoms with Crippen LogP contribution in [0.5, 0.6) is 23.0 Å². The molecule has 1 heterocycles. The van der Waals surface area contributed by atoms with Crippen LogP contribution in [-0.4, -0.2) is 52.4 Å². The summed E-state index contributed by atoms with van der Waals surface area (Å²) >= 11 is 0. The SMILES string of the molecule is CN=C(NCc1ccc2c(c1)OCCCO2)N(C)Cc1ccc(OC)cc1OC. The minimum Gasteiger partial charge on any atom is -0.497 e. The van der Waals surface area contributed by atoms with Crippen LogP contribution in [-0.2, 0) is 13.1 Å². The summed E-state index contributed by atoms with van der Waals surface area (Å²) in [6.45, 7) is 2.65. The summed E-state index contributed by atoms with van der Waals surface area (Å²) < 4.78 is 22.2. The molecule has 156 valence electrons. The number of hydrogen-bond donors (Lipinski definition) is 1. The predicted octanol–water partition coefficient (Wildman–Crippen LogP) is 3.07. The standard InChI is InChI=1S/C22H29N3O4/c1-23-22(25(2)15-17-7-8-18(26-3)13-20(17)27-4)24-14-16-6-9-19-21(12-16)29-11-5-10-28-19/h6-9,12-13H,5,10-11,14-15H2,1-4H3,(H,23,24). The van der Waals surface area contributed by atoms with E-state index in [0.29, 0.717) is 26.3 Å². The highest BCUT2D eigenvalue weighted by molar-refractivity contribution is 5.79. The fourth-order valence-electron chi connectivity index (χ4n) is 3.20. The summed E-state index contributed by atoms with van der Waals surface area (Å²) in [5.74, 6) is 3.95. The second-order valence-corrected chi connectivity index (χ2v) is 6.77. The van der Waals surface area contributed by atoms with Gasteiger partial charge in [0, 0.05) is 45.2 Å². The molecule has 0 radical (unpaired) electrons. The third-order valence-corrected chi connectivity index (χ3v) is 4.74. The van der Waals surface area contributed by atoms with Crippen LogP contribution in [0.4, 0.5) is 0 Å². The fourth-order valence-corrected chi connectivity index (χ4v) is 3.20. The fraction of sp³-hybridized carbons (Fsp3) is 0.409. The number of methoxy groups -OCH3 is 2. The molecule has 0 amide bonds. The smallest absolute Gasteiger partial charge is 0.193 e. The molecule has 0 bridgehead atoms. The van der Waals surface area contributed by atoms with Crippen molar-refractivity contribution < 1.29 is 18.9 Å². The van der Waals surface area contributed by atoms with Gasteiger partial charge in [-0.2, -0.15) is 0 Å². The molecule has 0 atom stereocenters. The largest absolute Gasteiger partial charge is 0.497 e. The maximum absolute atomic E-state index is 5.78. The lowest BCUT2D eigenvalue weighted by Gasteiger charge is -2.23. The molecule has 1 aliphatic heterocycles. The Hall–Kier alpha value is -3.09. The van der Waals surface area contributed by atoms with Gasteiger partial charge in [0.1, 0.15) is 11.5 Å². The van der Waals surface area contributed by atoms with E-state index in [-0.39, 0.29) is 0 Å². The van der Waals surface area contributed by atoms with Crippen molar-refractivity contribution in [3.63, 3.8) is 0 Å². The maximum Gasteiger partial charge on any atom is 0.193 e. The van der Waals surface area contributed by atoms with Crippen molar-refractivity contribution in [1.29, 1.82) is 0 Å². The number of aliphatic imine (C=N–C) groups is 1. The van der Waals surface area contributed by atoms with E-state index in [1.54, 1.807) is 21.3 Å². The van der Waals surface area contributed by atoms with E-state index in [0.717, 1.165) is 46.5 Å². The molecular weight excluding hydrogens is 370 g/mol. The molecule has 0 fully saturated rings. The third kappa shape index (κ3) is 5.25. The van der Waals surface area contributed by atoms with Gasteiger partial charge in [0.05, 0.1) is 27.4 Å². The first-order valence-electron chi connectivity index (χ1n) is 9.65. The van der Waals surface area contributed by atoms with Crippen LogP contribution in [0, 0.1) is 0 Å². The molecule has 2 aromatic carbocycles. The number of ether oxygens (including phenoxy) is 4. The van der Waals surface area contributed by atoms with E-state index in [1.165, 1.54) is 0 Å². The van der Waals surface area contributed by atoms with Crippen LogP contribution in [0.1, 0.15) is 17.5 Å². The van der Waals surface area contributed by atoms with Crippen LogP contribution in [0.25, 0.3) is 0 Å². The number of rotatable bonds is 6. The Balaban J connectivity index is 1.64. The molecule has 0 aromatic heterocycles. The lowest BCUT2D eigenvalue weighted by Crippen LogP contribution is -2.38. The van der Waals surface area contributed by atoms with Crippen LogP contribution in [0.15, 0.2) is 41.4 Å². The van der Waals surface area contributed by atoms with Gasteiger partial charge in [0.2, 0.25) is 0 Å². The van der Waals surface area contributed by atoms with Gasteiger partial charge in [-0.1, -0.05) is 6.07 Å². The maximum atomic E-state index is 5.78.